The van der Waals surface area contributed by atoms with E-state index in [0.29, 0.717) is 10.6 Å². The summed E-state index contributed by atoms with van der Waals surface area (Å²) in [6.07, 6.45) is 4.09. The molecular formula is C17H15N3OS. The lowest BCUT2D eigenvalue weighted by Crippen LogP contribution is -2.22. The second-order valence-electron chi connectivity index (χ2n) is 4.98. The maximum absolute atomic E-state index is 12.1. The Bertz CT molecular complexity index is 756. The highest BCUT2D eigenvalue weighted by Crippen LogP contribution is 2.34. The largest absolute Gasteiger partial charge is 0.313 e. The quantitative estimate of drug-likeness (QED) is 0.857. The van der Waals surface area contributed by atoms with Crippen molar-refractivity contribution >= 4 is 28.3 Å². The minimum Gasteiger partial charge on any atom is -0.313 e. The van der Waals surface area contributed by atoms with Gasteiger partial charge in [-0.25, -0.2) is 0 Å². The lowest BCUT2D eigenvalue weighted by molar-refractivity contribution is -0.111. The third-order valence-electron chi connectivity index (χ3n) is 3.50. The van der Waals surface area contributed by atoms with Gasteiger partial charge in [0, 0.05) is 17.5 Å². The summed E-state index contributed by atoms with van der Waals surface area (Å²) in [7, 11) is 0. The Morgan fingerprint density at radius 3 is 2.95 bits per heavy atom. The van der Waals surface area contributed by atoms with Crippen molar-refractivity contribution < 1.29 is 4.79 Å². The van der Waals surface area contributed by atoms with Crippen LogP contribution in [-0.2, 0) is 17.8 Å². The van der Waals surface area contributed by atoms with Crippen molar-refractivity contribution in [3.63, 3.8) is 0 Å². The third-order valence-corrected chi connectivity index (χ3v) is 4.65. The summed E-state index contributed by atoms with van der Waals surface area (Å²) in [5, 5.41) is 16.1. The van der Waals surface area contributed by atoms with Crippen LogP contribution in [-0.4, -0.2) is 12.5 Å². The number of thiophene rings is 1. The van der Waals surface area contributed by atoms with Gasteiger partial charge in [-0.2, -0.15) is 5.26 Å². The highest BCUT2D eigenvalue weighted by atomic mass is 32.1. The Balaban J connectivity index is 1.76. The van der Waals surface area contributed by atoms with Crippen molar-refractivity contribution in [3.8, 4) is 6.07 Å². The average molecular weight is 309 g/mol. The van der Waals surface area contributed by atoms with E-state index in [9.17, 15) is 10.1 Å². The monoisotopic (exact) mass is 309 g/mol. The van der Waals surface area contributed by atoms with Gasteiger partial charge < -0.3 is 10.6 Å². The fourth-order valence-electron chi connectivity index (χ4n) is 2.43. The molecule has 4 nitrogen and oxygen atoms in total. The van der Waals surface area contributed by atoms with Crippen molar-refractivity contribution in [2.45, 2.75) is 13.0 Å². The minimum atomic E-state index is -0.216. The van der Waals surface area contributed by atoms with Crippen molar-refractivity contribution in [2.75, 3.05) is 11.9 Å². The van der Waals surface area contributed by atoms with Crippen LogP contribution in [0.3, 0.4) is 0 Å². The first kappa shape index (κ1) is 14.5. The Hall–Kier alpha value is -2.42. The highest BCUT2D eigenvalue weighted by Gasteiger charge is 2.21. The normalized spacial score (nSPS) is 13.6. The predicted molar refractivity (Wildman–Crippen MR) is 88.6 cm³/mol. The molecule has 3 rings (SSSR count). The van der Waals surface area contributed by atoms with Crippen LogP contribution >= 0.6 is 11.3 Å². The molecule has 1 aromatic heterocycles. The lowest BCUT2D eigenvalue weighted by Gasteiger charge is -2.11. The molecule has 2 N–H and O–H groups in total. The molecule has 0 fully saturated rings. The molecule has 0 saturated carbocycles. The molecule has 0 aliphatic carbocycles. The summed E-state index contributed by atoms with van der Waals surface area (Å²) in [5.41, 5.74) is 2.66. The Labute approximate surface area is 133 Å². The number of hydrogen-bond donors (Lipinski definition) is 2. The lowest BCUT2D eigenvalue weighted by atomic mass is 10.1. The summed E-state index contributed by atoms with van der Waals surface area (Å²) in [5.74, 6) is -0.216. The Morgan fingerprint density at radius 1 is 1.36 bits per heavy atom. The van der Waals surface area contributed by atoms with Crippen molar-refractivity contribution in [1.82, 2.24) is 5.32 Å². The van der Waals surface area contributed by atoms with Gasteiger partial charge in [-0.15, -0.1) is 11.3 Å². The number of hydrogen-bond acceptors (Lipinski definition) is 4. The number of benzene rings is 1. The van der Waals surface area contributed by atoms with Crippen molar-refractivity contribution in [2.24, 2.45) is 0 Å². The van der Waals surface area contributed by atoms with Gasteiger partial charge in [0.15, 0.2) is 0 Å². The maximum atomic E-state index is 12.1. The maximum Gasteiger partial charge on any atom is 0.249 e. The van der Waals surface area contributed by atoms with E-state index in [4.69, 9.17) is 0 Å². The van der Waals surface area contributed by atoms with Crippen LogP contribution in [0.5, 0.6) is 0 Å². The van der Waals surface area contributed by atoms with Crippen LogP contribution < -0.4 is 10.6 Å². The highest BCUT2D eigenvalue weighted by molar-refractivity contribution is 7.16. The summed E-state index contributed by atoms with van der Waals surface area (Å²) in [6.45, 7) is 1.64. The molecular weight excluding hydrogens is 294 g/mol. The van der Waals surface area contributed by atoms with E-state index in [1.807, 2.05) is 30.3 Å². The van der Waals surface area contributed by atoms with Crippen LogP contribution in [0.4, 0.5) is 5.00 Å². The number of nitrogens with one attached hydrogen (secondary N) is 2. The summed E-state index contributed by atoms with van der Waals surface area (Å²) < 4.78 is 0. The zero-order valence-electron chi connectivity index (χ0n) is 11.9. The molecule has 5 heteroatoms. The molecule has 0 bridgehead atoms. The van der Waals surface area contributed by atoms with E-state index < -0.39 is 0 Å². The van der Waals surface area contributed by atoms with E-state index in [2.05, 4.69) is 16.7 Å². The number of nitrogens with zero attached hydrogens (tertiary/aromatic N) is 1. The van der Waals surface area contributed by atoms with E-state index in [0.717, 1.165) is 35.5 Å². The second-order valence-corrected chi connectivity index (χ2v) is 6.08. The average Bonchev–Trinajstić information content (AvgIpc) is 2.91. The second kappa shape index (κ2) is 6.56. The molecule has 1 aliphatic heterocycles. The molecule has 0 unspecified atom stereocenters. The zero-order chi connectivity index (χ0) is 15.4. The van der Waals surface area contributed by atoms with Gasteiger partial charge in [0.1, 0.15) is 11.1 Å². The van der Waals surface area contributed by atoms with E-state index in [1.165, 1.54) is 17.4 Å². The van der Waals surface area contributed by atoms with Crippen LogP contribution in [0, 0.1) is 11.3 Å². The SMILES string of the molecule is N#Cc1c(NC(=O)/C=C\c2ccccc2)sc2c1CCNC2. The molecule has 1 amide bonds. The number of rotatable bonds is 3. The first-order valence-corrected chi connectivity index (χ1v) is 7.89. The molecule has 2 aromatic rings. The summed E-state index contributed by atoms with van der Waals surface area (Å²) in [4.78, 5) is 13.2. The number of amides is 1. The Kier molecular flexibility index (Phi) is 4.33. The molecule has 1 aliphatic rings. The van der Waals surface area contributed by atoms with Gasteiger partial charge in [-0.05, 0) is 30.2 Å². The number of fused-ring (bicyclic) bond motifs is 1. The van der Waals surface area contributed by atoms with E-state index in [-0.39, 0.29) is 5.91 Å². The van der Waals surface area contributed by atoms with Gasteiger partial charge in [-0.1, -0.05) is 30.3 Å². The van der Waals surface area contributed by atoms with Crippen molar-refractivity contribution in [1.29, 1.82) is 5.26 Å². The smallest absolute Gasteiger partial charge is 0.249 e. The minimum absolute atomic E-state index is 0.216. The zero-order valence-corrected chi connectivity index (χ0v) is 12.7. The van der Waals surface area contributed by atoms with Gasteiger partial charge in [0.05, 0.1) is 5.56 Å². The standard InChI is InChI=1S/C17H15N3OS/c18-10-14-13-8-9-19-11-15(13)22-17(14)20-16(21)7-6-12-4-2-1-3-5-12/h1-7,19H,8-9,11H2,(H,20,21)/b7-6-. The van der Waals surface area contributed by atoms with Crippen molar-refractivity contribution in [3.05, 3.63) is 58.0 Å². The van der Waals surface area contributed by atoms with Gasteiger partial charge >= 0.3 is 0 Å². The molecule has 0 spiro atoms. The number of anilines is 1. The van der Waals surface area contributed by atoms with Crippen LogP contribution in [0.2, 0.25) is 0 Å². The molecule has 0 saturated heterocycles. The topological polar surface area (TPSA) is 64.9 Å². The third kappa shape index (κ3) is 3.08. The fourth-order valence-corrected chi connectivity index (χ4v) is 3.60. The molecule has 1 aromatic carbocycles. The molecule has 0 radical (unpaired) electrons. The van der Waals surface area contributed by atoms with Crippen LogP contribution in [0.1, 0.15) is 21.6 Å². The van der Waals surface area contributed by atoms with E-state index in [1.54, 1.807) is 6.08 Å². The summed E-state index contributed by atoms with van der Waals surface area (Å²) >= 11 is 1.49. The van der Waals surface area contributed by atoms with Gasteiger partial charge in [0.25, 0.3) is 0 Å². The molecule has 0 atom stereocenters. The van der Waals surface area contributed by atoms with Gasteiger partial charge in [-0.3, -0.25) is 4.79 Å². The van der Waals surface area contributed by atoms with Gasteiger partial charge in [0.2, 0.25) is 5.91 Å². The molecule has 110 valence electrons. The van der Waals surface area contributed by atoms with Crippen LogP contribution in [0.25, 0.3) is 6.08 Å². The van der Waals surface area contributed by atoms with Crippen LogP contribution in [0.15, 0.2) is 36.4 Å². The first-order chi connectivity index (χ1) is 10.8. The summed E-state index contributed by atoms with van der Waals surface area (Å²) in [6, 6.07) is 11.9. The first-order valence-electron chi connectivity index (χ1n) is 7.07. The Morgan fingerprint density at radius 2 is 2.18 bits per heavy atom. The predicted octanol–water partition coefficient (Wildman–Crippen LogP) is 2.92. The molecule has 2 heterocycles. The fraction of sp³-hybridized carbons (Fsp3) is 0.176. The number of carbonyl (C=O) groups excluding carboxylic acids is 1. The van der Waals surface area contributed by atoms with E-state index >= 15 is 0 Å². The molecule has 22 heavy (non-hydrogen) atoms. The number of carbonyl (C=O) groups is 1. The number of nitriles is 1.